The van der Waals surface area contributed by atoms with Crippen LogP contribution in [0.3, 0.4) is 0 Å². The summed E-state index contributed by atoms with van der Waals surface area (Å²) in [6.45, 7) is 4.48. The highest BCUT2D eigenvalue weighted by Gasteiger charge is 2.36. The van der Waals surface area contributed by atoms with Crippen molar-refractivity contribution in [3.05, 3.63) is 58.6 Å². The van der Waals surface area contributed by atoms with Crippen LogP contribution in [0.4, 0.5) is 0 Å². The standard InChI is InChI=1S/C15H13Cl/c1-15(2)12-8-4-3-6-10(12)11-7-5-9-13(16)14(11)15/h3-9H,1-2H3. The largest absolute Gasteiger partial charge is 0.0840 e. The molecule has 16 heavy (non-hydrogen) atoms. The quantitative estimate of drug-likeness (QED) is 0.616. The van der Waals surface area contributed by atoms with Gasteiger partial charge in [-0.1, -0.05) is 61.8 Å². The lowest BCUT2D eigenvalue weighted by Gasteiger charge is -2.22. The van der Waals surface area contributed by atoms with Crippen LogP contribution >= 0.6 is 11.6 Å². The second-order valence-electron chi connectivity index (χ2n) is 4.83. The first-order valence-corrected chi connectivity index (χ1v) is 5.89. The van der Waals surface area contributed by atoms with Crippen molar-refractivity contribution in [2.75, 3.05) is 0 Å². The van der Waals surface area contributed by atoms with Crippen LogP contribution in [0.15, 0.2) is 42.5 Å². The Bertz CT molecular complexity index is 567. The van der Waals surface area contributed by atoms with Crippen molar-refractivity contribution in [3.63, 3.8) is 0 Å². The summed E-state index contributed by atoms with van der Waals surface area (Å²) >= 11 is 6.34. The molecule has 1 aliphatic rings. The van der Waals surface area contributed by atoms with E-state index in [-0.39, 0.29) is 5.41 Å². The fourth-order valence-corrected chi connectivity index (χ4v) is 3.19. The summed E-state index contributed by atoms with van der Waals surface area (Å²) < 4.78 is 0. The van der Waals surface area contributed by atoms with E-state index in [0.717, 1.165) is 5.02 Å². The van der Waals surface area contributed by atoms with E-state index in [0.29, 0.717) is 0 Å². The molecule has 0 fully saturated rings. The van der Waals surface area contributed by atoms with E-state index in [1.165, 1.54) is 22.3 Å². The maximum absolute atomic E-state index is 6.34. The van der Waals surface area contributed by atoms with Gasteiger partial charge in [-0.2, -0.15) is 0 Å². The third kappa shape index (κ3) is 1.11. The van der Waals surface area contributed by atoms with Gasteiger partial charge in [-0.25, -0.2) is 0 Å². The molecule has 2 aromatic carbocycles. The summed E-state index contributed by atoms with van der Waals surface area (Å²) in [7, 11) is 0. The third-order valence-corrected chi connectivity index (χ3v) is 3.84. The van der Waals surface area contributed by atoms with E-state index >= 15 is 0 Å². The van der Waals surface area contributed by atoms with Gasteiger partial charge in [0.25, 0.3) is 0 Å². The molecule has 2 aromatic rings. The minimum atomic E-state index is 0.0181. The predicted octanol–water partition coefficient (Wildman–Crippen LogP) is 4.65. The Morgan fingerprint density at radius 2 is 1.56 bits per heavy atom. The van der Waals surface area contributed by atoms with Gasteiger partial charge in [-0.05, 0) is 28.3 Å². The fourth-order valence-electron chi connectivity index (χ4n) is 2.78. The Balaban J connectivity index is 2.44. The van der Waals surface area contributed by atoms with Crippen LogP contribution in [0.2, 0.25) is 5.02 Å². The summed E-state index contributed by atoms with van der Waals surface area (Å²) in [4.78, 5) is 0. The molecular weight excluding hydrogens is 216 g/mol. The molecule has 0 spiro atoms. The molecule has 1 aliphatic carbocycles. The first-order valence-electron chi connectivity index (χ1n) is 5.51. The minimum absolute atomic E-state index is 0.0181. The van der Waals surface area contributed by atoms with Crippen molar-refractivity contribution in [2.45, 2.75) is 19.3 Å². The van der Waals surface area contributed by atoms with Crippen molar-refractivity contribution in [1.29, 1.82) is 0 Å². The van der Waals surface area contributed by atoms with Crippen molar-refractivity contribution >= 4 is 11.6 Å². The lowest BCUT2D eigenvalue weighted by atomic mass is 9.82. The molecule has 0 aromatic heterocycles. The van der Waals surface area contributed by atoms with Gasteiger partial charge in [-0.15, -0.1) is 0 Å². The van der Waals surface area contributed by atoms with Crippen molar-refractivity contribution in [1.82, 2.24) is 0 Å². The maximum Gasteiger partial charge on any atom is 0.0453 e. The van der Waals surface area contributed by atoms with Crippen LogP contribution in [-0.4, -0.2) is 0 Å². The van der Waals surface area contributed by atoms with Crippen LogP contribution in [0, 0.1) is 0 Å². The SMILES string of the molecule is CC1(C)c2ccccc2-c2cccc(Cl)c21. The summed E-state index contributed by atoms with van der Waals surface area (Å²) in [6, 6.07) is 14.7. The van der Waals surface area contributed by atoms with Gasteiger partial charge >= 0.3 is 0 Å². The first kappa shape index (κ1) is 9.92. The maximum atomic E-state index is 6.34. The molecule has 0 heterocycles. The smallest absolute Gasteiger partial charge is 0.0453 e. The molecule has 1 heteroatoms. The molecule has 0 bridgehead atoms. The lowest BCUT2D eigenvalue weighted by molar-refractivity contribution is 0.660. The average Bonchev–Trinajstić information content (AvgIpc) is 2.50. The zero-order chi connectivity index (χ0) is 11.3. The minimum Gasteiger partial charge on any atom is -0.0840 e. The number of rotatable bonds is 0. The highest BCUT2D eigenvalue weighted by atomic mass is 35.5. The highest BCUT2D eigenvalue weighted by molar-refractivity contribution is 6.32. The molecule has 0 aliphatic heterocycles. The zero-order valence-corrected chi connectivity index (χ0v) is 10.2. The van der Waals surface area contributed by atoms with E-state index in [2.05, 4.69) is 44.2 Å². The second kappa shape index (κ2) is 3.11. The van der Waals surface area contributed by atoms with Crippen molar-refractivity contribution < 1.29 is 0 Å². The van der Waals surface area contributed by atoms with Crippen molar-refractivity contribution in [2.24, 2.45) is 0 Å². The molecule has 0 radical (unpaired) electrons. The van der Waals surface area contributed by atoms with E-state index in [1.807, 2.05) is 12.1 Å². The number of hydrogen-bond acceptors (Lipinski definition) is 0. The fraction of sp³-hybridized carbons (Fsp3) is 0.200. The molecule has 0 unspecified atom stereocenters. The number of halogens is 1. The average molecular weight is 229 g/mol. The molecular formula is C15H13Cl. The first-order chi connectivity index (χ1) is 7.62. The number of benzene rings is 2. The van der Waals surface area contributed by atoms with E-state index in [1.54, 1.807) is 0 Å². The Morgan fingerprint density at radius 1 is 0.875 bits per heavy atom. The molecule has 0 nitrogen and oxygen atoms in total. The Labute approximate surface area is 101 Å². The van der Waals surface area contributed by atoms with Gasteiger partial charge in [0.1, 0.15) is 0 Å². The van der Waals surface area contributed by atoms with Gasteiger partial charge in [0, 0.05) is 10.4 Å². The van der Waals surface area contributed by atoms with Crippen LogP contribution < -0.4 is 0 Å². The Kier molecular flexibility index (Phi) is 1.93. The molecule has 0 amide bonds. The van der Waals surface area contributed by atoms with E-state index < -0.39 is 0 Å². The molecule has 0 N–H and O–H groups in total. The Morgan fingerprint density at radius 3 is 2.38 bits per heavy atom. The van der Waals surface area contributed by atoms with Crippen LogP contribution in [0.25, 0.3) is 11.1 Å². The number of hydrogen-bond donors (Lipinski definition) is 0. The van der Waals surface area contributed by atoms with Crippen LogP contribution in [0.1, 0.15) is 25.0 Å². The summed E-state index contributed by atoms with van der Waals surface area (Å²) in [6.07, 6.45) is 0. The molecule has 0 atom stereocenters. The Hall–Kier alpha value is -1.27. The van der Waals surface area contributed by atoms with Gasteiger partial charge in [0.2, 0.25) is 0 Å². The van der Waals surface area contributed by atoms with Gasteiger partial charge < -0.3 is 0 Å². The summed E-state index contributed by atoms with van der Waals surface area (Å²) in [5.74, 6) is 0. The molecule has 0 saturated carbocycles. The summed E-state index contributed by atoms with van der Waals surface area (Å²) in [5, 5.41) is 0.874. The lowest BCUT2D eigenvalue weighted by Crippen LogP contribution is -2.15. The van der Waals surface area contributed by atoms with E-state index in [9.17, 15) is 0 Å². The normalized spacial score (nSPS) is 15.7. The van der Waals surface area contributed by atoms with Crippen LogP contribution in [0.5, 0.6) is 0 Å². The number of fused-ring (bicyclic) bond motifs is 3. The monoisotopic (exact) mass is 228 g/mol. The van der Waals surface area contributed by atoms with E-state index in [4.69, 9.17) is 11.6 Å². The third-order valence-electron chi connectivity index (χ3n) is 3.53. The molecule has 0 saturated heterocycles. The highest BCUT2D eigenvalue weighted by Crippen LogP contribution is 2.50. The topological polar surface area (TPSA) is 0 Å². The zero-order valence-electron chi connectivity index (χ0n) is 9.42. The van der Waals surface area contributed by atoms with Crippen LogP contribution in [-0.2, 0) is 5.41 Å². The molecule has 80 valence electrons. The summed E-state index contributed by atoms with van der Waals surface area (Å²) in [5.41, 5.74) is 5.26. The predicted molar refractivity (Wildman–Crippen MR) is 69.0 cm³/mol. The molecule has 3 rings (SSSR count). The van der Waals surface area contributed by atoms with Gasteiger partial charge in [0.05, 0.1) is 0 Å². The van der Waals surface area contributed by atoms with Gasteiger partial charge in [0.15, 0.2) is 0 Å². The van der Waals surface area contributed by atoms with Crippen molar-refractivity contribution in [3.8, 4) is 11.1 Å². The second-order valence-corrected chi connectivity index (χ2v) is 5.24. The van der Waals surface area contributed by atoms with Gasteiger partial charge in [-0.3, -0.25) is 0 Å².